The molecule has 0 radical (unpaired) electrons. The Morgan fingerprint density at radius 2 is 1.60 bits per heavy atom. The van der Waals surface area contributed by atoms with Gasteiger partial charge in [0.2, 0.25) is 11.8 Å². The average molecular weight is 677 g/mol. The van der Waals surface area contributed by atoms with E-state index in [0.29, 0.717) is 35.1 Å². The molecule has 2 atom stereocenters. The van der Waals surface area contributed by atoms with Gasteiger partial charge in [0, 0.05) is 48.1 Å². The highest BCUT2D eigenvalue weighted by atomic mass is 16.2. The molecule has 0 saturated carbocycles. The number of benzene rings is 3. The Morgan fingerprint density at radius 1 is 0.860 bits per heavy atom. The number of anilines is 2. The Labute approximate surface area is 287 Å². The number of rotatable bonds is 10. The van der Waals surface area contributed by atoms with Gasteiger partial charge in [-0.05, 0) is 93.4 Å². The van der Waals surface area contributed by atoms with Crippen LogP contribution in [0.1, 0.15) is 79.9 Å². The first kappa shape index (κ1) is 32.6. The number of aromatic nitrogens is 2. The maximum absolute atomic E-state index is 13.0. The van der Waals surface area contributed by atoms with Crippen LogP contribution in [0.3, 0.4) is 0 Å². The van der Waals surface area contributed by atoms with Crippen molar-refractivity contribution in [2.45, 2.75) is 51.2 Å². The summed E-state index contributed by atoms with van der Waals surface area (Å²) in [4.78, 5) is 86.8. The lowest BCUT2D eigenvalue weighted by Gasteiger charge is -2.27. The smallest absolute Gasteiger partial charge is 0.262 e. The molecule has 3 aliphatic heterocycles. The van der Waals surface area contributed by atoms with Crippen LogP contribution in [-0.2, 0) is 16.1 Å². The third-order valence-electron chi connectivity index (χ3n) is 9.42. The first-order valence-corrected chi connectivity index (χ1v) is 16.7. The first-order chi connectivity index (χ1) is 24.1. The van der Waals surface area contributed by atoms with Crippen LogP contribution < -0.4 is 21.3 Å². The SMILES string of the molecule is C[C@H]1CCCN1Cc1nc2ccc(NC(=O)c3ccc(C(=O)NCCNc4ccc5c(c4)C(=O)N(C4CCC(=O)NC4=O)C5=O)cc3)cc2[nH]1. The fraction of sp³-hybridized carbons (Fsp3) is 0.306. The molecule has 1 aromatic heterocycles. The van der Waals surface area contributed by atoms with E-state index < -0.39 is 29.7 Å². The fourth-order valence-corrected chi connectivity index (χ4v) is 6.68. The number of fused-ring (bicyclic) bond motifs is 2. The van der Waals surface area contributed by atoms with E-state index in [9.17, 15) is 28.8 Å². The van der Waals surface area contributed by atoms with Gasteiger partial charge in [-0.2, -0.15) is 0 Å². The van der Waals surface area contributed by atoms with Crippen molar-refractivity contribution in [2.24, 2.45) is 0 Å². The van der Waals surface area contributed by atoms with Gasteiger partial charge in [-0.3, -0.25) is 43.9 Å². The minimum atomic E-state index is -1.03. The summed E-state index contributed by atoms with van der Waals surface area (Å²) < 4.78 is 0. The molecule has 3 aromatic carbocycles. The molecule has 3 aliphatic rings. The van der Waals surface area contributed by atoms with Crippen molar-refractivity contribution in [3.8, 4) is 0 Å². The van der Waals surface area contributed by atoms with Crippen LogP contribution in [0.5, 0.6) is 0 Å². The van der Waals surface area contributed by atoms with Gasteiger partial charge in [-0.1, -0.05) is 0 Å². The van der Waals surface area contributed by atoms with Gasteiger partial charge in [-0.15, -0.1) is 0 Å². The highest BCUT2D eigenvalue weighted by Gasteiger charge is 2.44. The molecule has 6 amide bonds. The van der Waals surface area contributed by atoms with Crippen molar-refractivity contribution in [3.05, 3.63) is 88.7 Å². The number of amides is 6. The van der Waals surface area contributed by atoms with E-state index in [2.05, 4.69) is 38.1 Å². The summed E-state index contributed by atoms with van der Waals surface area (Å²) in [5.41, 5.74) is 4.02. The van der Waals surface area contributed by atoms with E-state index in [4.69, 9.17) is 4.98 Å². The molecule has 50 heavy (non-hydrogen) atoms. The molecular weight excluding hydrogens is 640 g/mol. The number of hydrogen-bond donors (Lipinski definition) is 5. The summed E-state index contributed by atoms with van der Waals surface area (Å²) in [6.45, 7) is 4.64. The molecule has 4 heterocycles. The number of imide groups is 2. The van der Waals surface area contributed by atoms with Gasteiger partial charge < -0.3 is 20.9 Å². The topological polar surface area (TPSA) is 186 Å². The monoisotopic (exact) mass is 676 g/mol. The molecule has 0 bridgehead atoms. The van der Waals surface area contributed by atoms with Gasteiger partial charge in [0.05, 0.1) is 28.7 Å². The second-order valence-electron chi connectivity index (χ2n) is 12.8. The highest BCUT2D eigenvalue weighted by Crippen LogP contribution is 2.29. The predicted molar refractivity (Wildman–Crippen MR) is 184 cm³/mol. The van der Waals surface area contributed by atoms with Crippen molar-refractivity contribution in [1.82, 2.24) is 30.4 Å². The molecule has 14 heteroatoms. The Morgan fingerprint density at radius 3 is 2.34 bits per heavy atom. The van der Waals surface area contributed by atoms with E-state index in [0.717, 1.165) is 34.8 Å². The number of piperidine rings is 1. The minimum absolute atomic E-state index is 0.0470. The number of likely N-dealkylation sites (tertiary alicyclic amines) is 1. The number of carbonyl (C=O) groups is 6. The summed E-state index contributed by atoms with van der Waals surface area (Å²) >= 11 is 0. The Bertz CT molecular complexity index is 2040. The van der Waals surface area contributed by atoms with Gasteiger partial charge >= 0.3 is 0 Å². The molecule has 4 aromatic rings. The Kier molecular flexibility index (Phi) is 8.85. The third kappa shape index (κ3) is 6.57. The highest BCUT2D eigenvalue weighted by molar-refractivity contribution is 6.23. The minimum Gasteiger partial charge on any atom is -0.383 e. The van der Waals surface area contributed by atoms with Crippen molar-refractivity contribution >= 4 is 57.9 Å². The number of nitrogens with one attached hydrogen (secondary N) is 5. The normalized spacial score (nSPS) is 19.1. The number of aromatic amines is 1. The third-order valence-corrected chi connectivity index (χ3v) is 9.42. The zero-order valence-electron chi connectivity index (χ0n) is 27.4. The number of imidazole rings is 1. The molecule has 0 spiro atoms. The van der Waals surface area contributed by atoms with Gasteiger partial charge in [0.25, 0.3) is 23.6 Å². The van der Waals surface area contributed by atoms with Crippen LogP contribution in [0.4, 0.5) is 11.4 Å². The van der Waals surface area contributed by atoms with E-state index in [-0.39, 0.29) is 42.3 Å². The Balaban J connectivity index is 0.887. The molecule has 14 nitrogen and oxygen atoms in total. The van der Waals surface area contributed by atoms with Crippen LogP contribution in [0.25, 0.3) is 11.0 Å². The average Bonchev–Trinajstić information content (AvgIpc) is 3.78. The largest absolute Gasteiger partial charge is 0.383 e. The molecular formula is C36H36N8O6. The lowest BCUT2D eigenvalue weighted by molar-refractivity contribution is -0.136. The lowest BCUT2D eigenvalue weighted by atomic mass is 10.0. The van der Waals surface area contributed by atoms with Crippen LogP contribution in [0.2, 0.25) is 0 Å². The maximum atomic E-state index is 13.0. The molecule has 256 valence electrons. The van der Waals surface area contributed by atoms with Gasteiger partial charge in [0.15, 0.2) is 0 Å². The van der Waals surface area contributed by atoms with Crippen molar-refractivity contribution in [2.75, 3.05) is 30.3 Å². The van der Waals surface area contributed by atoms with Crippen molar-refractivity contribution < 1.29 is 28.8 Å². The van der Waals surface area contributed by atoms with Gasteiger partial charge in [-0.25, -0.2) is 4.98 Å². The molecule has 1 unspecified atom stereocenters. The molecule has 2 saturated heterocycles. The van der Waals surface area contributed by atoms with E-state index in [1.807, 2.05) is 18.2 Å². The van der Waals surface area contributed by atoms with Crippen molar-refractivity contribution in [1.29, 1.82) is 0 Å². The number of carbonyl (C=O) groups excluding carboxylic acids is 6. The zero-order valence-corrected chi connectivity index (χ0v) is 27.4. The standard InChI is InChI=1S/C36H36N8O6/c1-20-3-2-16-43(20)19-30-40-27-11-9-24(18-28(27)41-30)39-33(47)22-6-4-21(5-7-22)32(46)38-15-14-37-23-8-10-25-26(17-23)36(50)44(35(25)49)29-12-13-31(45)42-34(29)48/h4-11,17-18,20,29,37H,2-3,12-16,19H2,1H3,(H,38,46)(H,39,47)(H,40,41)(H,42,45,48)/t20-,29?/m0/s1. The fourth-order valence-electron chi connectivity index (χ4n) is 6.68. The number of nitrogens with zero attached hydrogens (tertiary/aromatic N) is 3. The number of H-pyrrole nitrogens is 1. The summed E-state index contributed by atoms with van der Waals surface area (Å²) in [6, 6.07) is 16.1. The molecule has 0 aliphatic carbocycles. The quantitative estimate of drug-likeness (QED) is 0.124. The lowest BCUT2D eigenvalue weighted by Crippen LogP contribution is -2.54. The zero-order chi connectivity index (χ0) is 34.9. The van der Waals surface area contributed by atoms with Crippen LogP contribution in [0, 0.1) is 0 Å². The summed E-state index contributed by atoms with van der Waals surface area (Å²) in [7, 11) is 0. The van der Waals surface area contributed by atoms with Crippen molar-refractivity contribution in [3.63, 3.8) is 0 Å². The molecule has 7 rings (SSSR count). The maximum Gasteiger partial charge on any atom is 0.262 e. The van der Waals surface area contributed by atoms with Crippen LogP contribution >= 0.6 is 0 Å². The van der Waals surface area contributed by atoms with E-state index in [1.165, 1.54) is 25.0 Å². The van der Waals surface area contributed by atoms with Gasteiger partial charge in [0.1, 0.15) is 11.9 Å². The second-order valence-corrected chi connectivity index (χ2v) is 12.8. The predicted octanol–water partition coefficient (Wildman–Crippen LogP) is 3.04. The van der Waals surface area contributed by atoms with Crippen LogP contribution in [-0.4, -0.2) is 86.9 Å². The summed E-state index contributed by atoms with van der Waals surface area (Å²) in [5.74, 6) is -1.99. The molecule has 2 fully saturated rings. The van der Waals surface area contributed by atoms with E-state index in [1.54, 1.807) is 30.3 Å². The molecule has 5 N–H and O–H groups in total. The second kappa shape index (κ2) is 13.6. The summed E-state index contributed by atoms with van der Waals surface area (Å²) in [6.07, 6.45) is 2.53. The summed E-state index contributed by atoms with van der Waals surface area (Å²) in [5, 5.41) is 11.0. The van der Waals surface area contributed by atoms with E-state index >= 15 is 0 Å². The first-order valence-electron chi connectivity index (χ1n) is 16.7. The van der Waals surface area contributed by atoms with Crippen LogP contribution in [0.15, 0.2) is 60.7 Å². The number of hydrogen-bond acceptors (Lipinski definition) is 9. The Hall–Kier alpha value is -5.89.